The first-order valence-electron chi connectivity index (χ1n) is 21.5. The number of benzene rings is 4. The lowest BCUT2D eigenvalue weighted by molar-refractivity contribution is -0.168. The van der Waals surface area contributed by atoms with Gasteiger partial charge >= 0.3 is 41.8 Å². The minimum atomic E-state index is -1.97. The maximum absolute atomic E-state index is 14.5. The van der Waals surface area contributed by atoms with E-state index in [9.17, 15) is 57.7 Å². The Morgan fingerprint density at radius 3 is 1.54 bits per heavy atom. The van der Waals surface area contributed by atoms with E-state index in [1.165, 1.54) is 50.2 Å². The molecule has 0 saturated heterocycles. The molecule has 0 aromatic heterocycles. The number of carbonyl (C=O) groups is 7. The van der Waals surface area contributed by atoms with Gasteiger partial charge in [-0.05, 0) is 106 Å². The molecule has 2 atom stereocenters. The number of nitrogens with zero attached hydrogens (tertiary/aromatic N) is 2. The summed E-state index contributed by atoms with van der Waals surface area (Å²) in [4.78, 5) is 87.2. The van der Waals surface area contributed by atoms with Crippen molar-refractivity contribution in [2.75, 3.05) is 26.5 Å². The van der Waals surface area contributed by atoms with E-state index in [-0.39, 0.29) is 43.7 Å². The van der Waals surface area contributed by atoms with E-state index in [0.29, 0.717) is 32.3 Å². The summed E-state index contributed by atoms with van der Waals surface area (Å²) in [5, 5.41) is 32.6. The lowest BCUT2D eigenvalue weighted by atomic mass is 10.0. The molecular weight excluding hydrogens is 981 g/mol. The van der Waals surface area contributed by atoms with Crippen molar-refractivity contribution in [2.45, 2.75) is 84.0 Å². The molecule has 0 aliphatic rings. The van der Waals surface area contributed by atoms with Gasteiger partial charge < -0.3 is 39.0 Å². The Balaban J connectivity index is 1.23. The fraction of sp³-hybridized carbons (Fsp3) is 0.354. The number of aliphatic carboxylic acids is 1. The topological polar surface area (TPSA) is 257 Å². The highest BCUT2D eigenvalue weighted by Gasteiger charge is 2.31. The number of amides is 2. The Labute approximate surface area is 416 Å². The standard InChI is InChI=1S/C48H52Cl2F2N4O15/c1-47(2,3)70-44(64)40(59)53-56(24-29-9-13-31(14-10-29)35-22-33(50)16-18-37(35)52)26-39(58)43(63)68-27-69-46(66)67-20-6-19-48(4,5)71-45(65)41(60)54-55(25-38(57)42(61)62)23-28-7-11-30(12-8-28)34-21-32(49)15-17-36(34)51/h7-18,21-22,38-39,57-58H,6,19-20,23-27H2,1-5H3,(H,53,59)(H,54,60)(H,61,62). The second kappa shape index (κ2) is 25.9. The van der Waals surface area contributed by atoms with Crippen LogP contribution < -0.4 is 10.9 Å². The van der Waals surface area contributed by atoms with Gasteiger partial charge in [0.25, 0.3) is 0 Å². The van der Waals surface area contributed by atoms with Crippen molar-refractivity contribution in [3.63, 3.8) is 0 Å². The van der Waals surface area contributed by atoms with Gasteiger partial charge in [0.05, 0.1) is 19.7 Å². The van der Waals surface area contributed by atoms with Gasteiger partial charge in [-0.15, -0.1) is 0 Å². The summed E-state index contributed by atoms with van der Waals surface area (Å²) in [7, 11) is 0. The molecule has 4 aromatic carbocycles. The van der Waals surface area contributed by atoms with Crippen molar-refractivity contribution in [1.82, 2.24) is 20.9 Å². The number of rotatable bonds is 21. The van der Waals surface area contributed by atoms with Crippen LogP contribution in [-0.2, 0) is 65.5 Å². The Bertz CT molecular complexity index is 2540. The Morgan fingerprint density at radius 2 is 1.08 bits per heavy atom. The number of hydrazine groups is 2. The fourth-order valence-corrected chi connectivity index (χ4v) is 6.65. The molecular formula is C48H52Cl2F2N4O15. The molecule has 0 aliphatic carbocycles. The average molecular weight is 1030 g/mol. The van der Waals surface area contributed by atoms with Crippen molar-refractivity contribution < 1.29 is 81.3 Å². The summed E-state index contributed by atoms with van der Waals surface area (Å²) in [5.74, 6) is -9.06. The molecule has 382 valence electrons. The van der Waals surface area contributed by atoms with Crippen LogP contribution in [0.2, 0.25) is 10.0 Å². The number of hydrogen-bond acceptors (Lipinski definition) is 16. The van der Waals surface area contributed by atoms with Gasteiger partial charge in [0.2, 0.25) is 6.79 Å². The van der Waals surface area contributed by atoms with Crippen LogP contribution in [0.5, 0.6) is 0 Å². The first kappa shape index (κ1) is 56.8. The second-order valence-corrected chi connectivity index (χ2v) is 18.1. The Hall–Kier alpha value is -6.75. The maximum Gasteiger partial charge on any atom is 0.511 e. The predicted octanol–water partition coefficient (Wildman–Crippen LogP) is 5.88. The van der Waals surface area contributed by atoms with E-state index in [1.54, 1.807) is 69.3 Å². The zero-order chi connectivity index (χ0) is 52.6. The third-order valence-corrected chi connectivity index (χ3v) is 10.1. The minimum Gasteiger partial charge on any atom is -0.479 e. The van der Waals surface area contributed by atoms with Crippen molar-refractivity contribution in [2.24, 2.45) is 0 Å². The normalized spacial score (nSPS) is 12.4. The van der Waals surface area contributed by atoms with Crippen molar-refractivity contribution in [1.29, 1.82) is 0 Å². The number of aliphatic hydroxyl groups is 2. The monoisotopic (exact) mass is 1030 g/mol. The largest absolute Gasteiger partial charge is 0.511 e. The van der Waals surface area contributed by atoms with Gasteiger partial charge in [-0.3, -0.25) is 20.4 Å². The summed E-state index contributed by atoms with van der Waals surface area (Å²) in [5.41, 5.74) is 4.56. The Kier molecular flexibility index (Phi) is 20.7. The third kappa shape index (κ3) is 19.2. The molecule has 19 nitrogen and oxygen atoms in total. The molecule has 2 amide bonds. The lowest BCUT2D eigenvalue weighted by Crippen LogP contribution is -2.50. The minimum absolute atomic E-state index is 0.0348. The van der Waals surface area contributed by atoms with E-state index >= 15 is 0 Å². The van der Waals surface area contributed by atoms with Crippen LogP contribution >= 0.6 is 23.2 Å². The molecule has 4 aromatic rings. The summed E-state index contributed by atoms with van der Waals surface area (Å²) >= 11 is 12.0. The highest BCUT2D eigenvalue weighted by molar-refractivity contribution is 6.33. The number of nitrogens with one attached hydrogen (secondary N) is 2. The highest BCUT2D eigenvalue weighted by atomic mass is 35.5. The van der Waals surface area contributed by atoms with Crippen LogP contribution in [0, 0.1) is 11.6 Å². The van der Waals surface area contributed by atoms with Crippen molar-refractivity contribution in [3.05, 3.63) is 118 Å². The SMILES string of the molecule is CC(C)(C)OC(=O)C(=O)NN(Cc1ccc(-c2cc(Cl)ccc2F)cc1)CC(O)C(=O)OCOC(=O)OCCCC(C)(C)OC(=O)C(=O)NN(Cc1ccc(-c2cc(Cl)ccc2F)cc1)CC(O)C(=O)O. The number of hydrogen-bond donors (Lipinski definition) is 5. The van der Waals surface area contributed by atoms with Gasteiger partial charge in [0, 0.05) is 34.3 Å². The van der Waals surface area contributed by atoms with Crippen LogP contribution in [0.25, 0.3) is 22.3 Å². The zero-order valence-corrected chi connectivity index (χ0v) is 40.6. The van der Waals surface area contributed by atoms with Gasteiger partial charge in [-0.25, -0.2) is 42.8 Å². The van der Waals surface area contributed by atoms with Gasteiger partial charge in [0.1, 0.15) is 22.8 Å². The van der Waals surface area contributed by atoms with Crippen LogP contribution in [0.4, 0.5) is 13.6 Å². The number of esters is 3. The predicted molar refractivity (Wildman–Crippen MR) is 249 cm³/mol. The van der Waals surface area contributed by atoms with E-state index in [2.05, 4.69) is 10.9 Å². The van der Waals surface area contributed by atoms with E-state index in [4.69, 9.17) is 46.9 Å². The molecule has 4 rings (SSSR count). The smallest absolute Gasteiger partial charge is 0.479 e. The molecule has 23 heteroatoms. The Morgan fingerprint density at radius 1 is 0.634 bits per heavy atom. The van der Waals surface area contributed by atoms with Crippen LogP contribution in [-0.4, -0.2) is 117 Å². The third-order valence-electron chi connectivity index (χ3n) is 9.66. The fourth-order valence-electron chi connectivity index (χ4n) is 6.31. The first-order valence-corrected chi connectivity index (χ1v) is 22.3. The molecule has 0 spiro atoms. The molecule has 0 bridgehead atoms. The molecule has 0 saturated carbocycles. The van der Waals surface area contributed by atoms with Gasteiger partial charge in [-0.2, -0.15) is 0 Å². The molecule has 5 N–H and O–H groups in total. The molecule has 71 heavy (non-hydrogen) atoms. The molecule has 0 heterocycles. The summed E-state index contributed by atoms with van der Waals surface area (Å²) in [6, 6.07) is 20.7. The first-order chi connectivity index (χ1) is 33.3. The average Bonchev–Trinajstić information content (AvgIpc) is 3.29. The molecule has 0 radical (unpaired) electrons. The maximum atomic E-state index is 14.5. The van der Waals surface area contributed by atoms with Crippen molar-refractivity contribution >= 4 is 65.0 Å². The van der Waals surface area contributed by atoms with Crippen molar-refractivity contribution in [3.8, 4) is 22.3 Å². The highest BCUT2D eigenvalue weighted by Crippen LogP contribution is 2.28. The summed E-state index contributed by atoms with van der Waals surface area (Å²) in [6.07, 6.45) is -5.12. The summed E-state index contributed by atoms with van der Waals surface area (Å²) < 4.78 is 53.8. The number of halogens is 4. The van der Waals surface area contributed by atoms with Crippen LogP contribution in [0.3, 0.4) is 0 Å². The lowest BCUT2D eigenvalue weighted by Gasteiger charge is -2.27. The van der Waals surface area contributed by atoms with E-state index in [0.717, 1.165) is 10.0 Å². The summed E-state index contributed by atoms with van der Waals surface area (Å²) in [6.45, 7) is 4.59. The number of aliphatic hydroxyl groups excluding tert-OH is 2. The van der Waals surface area contributed by atoms with Gasteiger partial charge in [0.15, 0.2) is 12.2 Å². The van der Waals surface area contributed by atoms with E-state index < -0.39 is 96.8 Å². The van der Waals surface area contributed by atoms with Crippen LogP contribution in [0.15, 0.2) is 84.9 Å². The van der Waals surface area contributed by atoms with E-state index in [1.807, 2.05) is 0 Å². The second-order valence-electron chi connectivity index (χ2n) is 17.2. The number of carboxylic acids is 1. The quantitative estimate of drug-likeness (QED) is 0.0163. The van der Waals surface area contributed by atoms with Gasteiger partial charge in [-0.1, -0.05) is 71.7 Å². The number of carbonyl (C=O) groups excluding carboxylic acids is 6. The van der Waals surface area contributed by atoms with Crippen LogP contribution in [0.1, 0.15) is 58.6 Å². The number of ether oxygens (including phenoxy) is 5. The molecule has 0 fully saturated rings. The number of carboxylic acid groups (broad SMARTS) is 1. The molecule has 2 unspecified atom stereocenters. The molecule has 0 aliphatic heterocycles. The zero-order valence-electron chi connectivity index (χ0n) is 39.0.